The summed E-state index contributed by atoms with van der Waals surface area (Å²) in [4.78, 5) is 23.7. The Balaban J connectivity index is 1.50. The third-order valence-electron chi connectivity index (χ3n) is 5.74. The number of benzene rings is 1. The van der Waals surface area contributed by atoms with Gasteiger partial charge < -0.3 is 4.90 Å². The van der Waals surface area contributed by atoms with Crippen molar-refractivity contribution in [3.8, 4) is 5.69 Å². The lowest BCUT2D eigenvalue weighted by atomic mass is 10.0. The van der Waals surface area contributed by atoms with Gasteiger partial charge in [-0.3, -0.25) is 19.8 Å². The molecule has 7 nitrogen and oxygen atoms in total. The van der Waals surface area contributed by atoms with Crippen molar-refractivity contribution < 1.29 is 9.18 Å². The van der Waals surface area contributed by atoms with Gasteiger partial charge in [0.25, 0.3) is 5.91 Å². The minimum Gasteiger partial charge on any atom is -0.355 e. The molecule has 2 aromatic heterocycles. The van der Waals surface area contributed by atoms with Crippen molar-refractivity contribution in [1.82, 2.24) is 25.4 Å². The molecule has 0 saturated heterocycles. The predicted octanol–water partition coefficient (Wildman–Crippen LogP) is 3.13. The van der Waals surface area contributed by atoms with Crippen LogP contribution in [0.5, 0.6) is 0 Å². The average molecular weight is 406 g/mol. The van der Waals surface area contributed by atoms with E-state index < -0.39 is 0 Å². The predicted molar refractivity (Wildman–Crippen MR) is 111 cm³/mol. The van der Waals surface area contributed by atoms with Gasteiger partial charge in [0, 0.05) is 12.7 Å². The number of aromatic nitrogens is 3. The number of nitrogens with zero attached hydrogens (tertiary/aromatic N) is 4. The van der Waals surface area contributed by atoms with E-state index in [4.69, 9.17) is 0 Å². The molecule has 3 aromatic rings. The standard InChI is InChI=1S/C22H23FN6O/c1-14-21-20(22(30)27-26-11-15-5-6-15)25-13-29(21)18-8-7-16(23)10-19(18)28(14)12-17-4-2-3-9-24-17/h2-4,7-10,13-15,26H,5-6,11-12H2,1H3,(H,27,30)/t14-/m1/s1. The first-order valence-electron chi connectivity index (χ1n) is 10.2. The van der Waals surface area contributed by atoms with E-state index in [0.29, 0.717) is 18.2 Å². The zero-order valence-corrected chi connectivity index (χ0v) is 16.7. The summed E-state index contributed by atoms with van der Waals surface area (Å²) in [6.45, 7) is 3.26. The minimum atomic E-state index is -0.308. The zero-order chi connectivity index (χ0) is 20.7. The molecule has 0 unspecified atom stereocenters. The van der Waals surface area contributed by atoms with Gasteiger partial charge in [0.15, 0.2) is 5.69 Å². The number of hydrogen-bond donors (Lipinski definition) is 2. The van der Waals surface area contributed by atoms with Crippen LogP contribution in [-0.2, 0) is 6.54 Å². The number of hydrogen-bond acceptors (Lipinski definition) is 5. The molecule has 1 aliphatic carbocycles. The summed E-state index contributed by atoms with van der Waals surface area (Å²) in [6.07, 6.45) is 5.78. The van der Waals surface area contributed by atoms with Crippen molar-refractivity contribution >= 4 is 11.6 Å². The lowest BCUT2D eigenvalue weighted by molar-refractivity contribution is 0.0926. The van der Waals surface area contributed by atoms with Gasteiger partial charge in [-0.15, -0.1) is 0 Å². The highest BCUT2D eigenvalue weighted by Gasteiger charge is 2.34. The number of anilines is 1. The molecule has 3 heterocycles. The van der Waals surface area contributed by atoms with Crippen molar-refractivity contribution in [3.05, 3.63) is 71.8 Å². The summed E-state index contributed by atoms with van der Waals surface area (Å²) in [5, 5.41) is 0. The van der Waals surface area contributed by atoms with Crippen molar-refractivity contribution in [1.29, 1.82) is 0 Å². The molecule has 1 aliphatic heterocycles. The number of carbonyl (C=O) groups excluding carboxylic acids is 1. The monoisotopic (exact) mass is 406 g/mol. The molecular weight excluding hydrogens is 383 g/mol. The van der Waals surface area contributed by atoms with Crippen LogP contribution in [0.15, 0.2) is 48.9 Å². The molecule has 2 N–H and O–H groups in total. The molecule has 1 fully saturated rings. The fraction of sp³-hybridized carbons (Fsp3) is 0.318. The number of carbonyl (C=O) groups is 1. The topological polar surface area (TPSA) is 75.1 Å². The van der Waals surface area contributed by atoms with Crippen molar-refractivity contribution in [2.75, 3.05) is 11.4 Å². The molecule has 0 radical (unpaired) electrons. The quantitative estimate of drug-likeness (QED) is 0.615. The second-order valence-electron chi connectivity index (χ2n) is 7.88. The largest absolute Gasteiger partial charge is 0.355 e. The molecule has 0 bridgehead atoms. The van der Waals surface area contributed by atoms with Gasteiger partial charge in [-0.25, -0.2) is 14.8 Å². The highest BCUT2D eigenvalue weighted by Crippen LogP contribution is 2.40. The Kier molecular flexibility index (Phi) is 4.71. The lowest BCUT2D eigenvalue weighted by Crippen LogP contribution is -2.40. The first-order chi connectivity index (χ1) is 14.6. The maximum absolute atomic E-state index is 14.1. The van der Waals surface area contributed by atoms with E-state index in [-0.39, 0.29) is 17.8 Å². The molecule has 2 aliphatic rings. The van der Waals surface area contributed by atoms with Crippen LogP contribution in [0, 0.1) is 11.7 Å². The summed E-state index contributed by atoms with van der Waals surface area (Å²) in [7, 11) is 0. The summed E-state index contributed by atoms with van der Waals surface area (Å²) in [6, 6.07) is 10.2. The third kappa shape index (κ3) is 3.43. The fourth-order valence-corrected chi connectivity index (χ4v) is 3.96. The van der Waals surface area contributed by atoms with Crippen LogP contribution in [-0.4, -0.2) is 27.0 Å². The number of imidazole rings is 1. The fourth-order valence-electron chi connectivity index (χ4n) is 3.96. The van der Waals surface area contributed by atoms with E-state index in [9.17, 15) is 9.18 Å². The Hall–Kier alpha value is -3.26. The minimum absolute atomic E-state index is 0.201. The Bertz CT molecular complexity index is 1080. The van der Waals surface area contributed by atoms with Crippen LogP contribution < -0.4 is 15.8 Å². The second kappa shape index (κ2) is 7.53. The van der Waals surface area contributed by atoms with Crippen LogP contribution >= 0.6 is 0 Å². The smallest absolute Gasteiger partial charge is 0.285 e. The Morgan fingerprint density at radius 3 is 2.83 bits per heavy atom. The summed E-state index contributed by atoms with van der Waals surface area (Å²) in [5.74, 6) is 0.0770. The number of halogens is 1. The normalized spacial score (nSPS) is 17.4. The van der Waals surface area contributed by atoms with Crippen molar-refractivity contribution in [2.24, 2.45) is 5.92 Å². The van der Waals surface area contributed by atoms with Gasteiger partial charge in [-0.2, -0.15) is 0 Å². The first-order valence-corrected chi connectivity index (χ1v) is 10.2. The molecule has 1 atom stereocenters. The Labute approximate surface area is 173 Å². The lowest BCUT2D eigenvalue weighted by Gasteiger charge is -2.37. The first kappa shape index (κ1) is 18.7. The van der Waals surface area contributed by atoms with Crippen molar-refractivity contribution in [2.45, 2.75) is 32.4 Å². The molecule has 5 rings (SSSR count). The van der Waals surface area contributed by atoms with E-state index in [0.717, 1.165) is 29.3 Å². The highest BCUT2D eigenvalue weighted by atomic mass is 19.1. The number of nitrogens with one attached hydrogen (secondary N) is 2. The molecule has 1 amide bonds. The molecule has 1 saturated carbocycles. The number of rotatable bonds is 6. The summed E-state index contributed by atoms with van der Waals surface area (Å²) < 4.78 is 16.0. The number of pyridine rings is 1. The third-order valence-corrected chi connectivity index (χ3v) is 5.74. The molecule has 8 heteroatoms. The van der Waals surface area contributed by atoms with Gasteiger partial charge in [-0.1, -0.05) is 6.07 Å². The molecule has 154 valence electrons. The van der Waals surface area contributed by atoms with Gasteiger partial charge >= 0.3 is 0 Å². The van der Waals surface area contributed by atoms with E-state index in [1.54, 1.807) is 18.6 Å². The maximum atomic E-state index is 14.1. The van der Waals surface area contributed by atoms with Crippen LogP contribution in [0.25, 0.3) is 5.69 Å². The zero-order valence-electron chi connectivity index (χ0n) is 16.7. The Morgan fingerprint density at radius 2 is 2.07 bits per heavy atom. The number of fused-ring (bicyclic) bond motifs is 3. The highest BCUT2D eigenvalue weighted by molar-refractivity contribution is 5.94. The summed E-state index contributed by atoms with van der Waals surface area (Å²) in [5.41, 5.74) is 9.33. The Morgan fingerprint density at radius 1 is 1.20 bits per heavy atom. The van der Waals surface area contributed by atoms with Crippen LogP contribution in [0.1, 0.15) is 47.7 Å². The van der Waals surface area contributed by atoms with Gasteiger partial charge in [-0.05, 0) is 56.0 Å². The van der Waals surface area contributed by atoms with Gasteiger partial charge in [0.05, 0.1) is 35.3 Å². The van der Waals surface area contributed by atoms with E-state index in [1.807, 2.05) is 29.7 Å². The SMILES string of the molecule is C[C@@H]1c2c(C(=O)NNCC3CC3)ncn2-c2ccc(F)cc2N1Cc1ccccn1. The molecule has 0 spiro atoms. The van der Waals surface area contributed by atoms with Crippen LogP contribution in [0.4, 0.5) is 10.1 Å². The van der Waals surface area contributed by atoms with E-state index >= 15 is 0 Å². The molecule has 30 heavy (non-hydrogen) atoms. The van der Waals surface area contributed by atoms with Crippen molar-refractivity contribution in [3.63, 3.8) is 0 Å². The van der Waals surface area contributed by atoms with Gasteiger partial charge in [0.1, 0.15) is 12.1 Å². The molecular formula is C22H23FN6O. The number of hydrazine groups is 1. The van der Waals surface area contributed by atoms with E-state index in [1.165, 1.54) is 25.0 Å². The molecule has 1 aromatic carbocycles. The van der Waals surface area contributed by atoms with Crippen LogP contribution in [0.2, 0.25) is 0 Å². The number of amides is 1. The van der Waals surface area contributed by atoms with E-state index in [2.05, 4.69) is 25.7 Å². The van der Waals surface area contributed by atoms with Gasteiger partial charge in [0.2, 0.25) is 0 Å². The van der Waals surface area contributed by atoms with Crippen LogP contribution in [0.3, 0.4) is 0 Å². The summed E-state index contributed by atoms with van der Waals surface area (Å²) >= 11 is 0. The second-order valence-corrected chi connectivity index (χ2v) is 7.88. The average Bonchev–Trinajstić information content (AvgIpc) is 3.46. The maximum Gasteiger partial charge on any atom is 0.285 e.